The number of carbonyl (C=O) groups excluding carboxylic acids is 1. The lowest BCUT2D eigenvalue weighted by atomic mass is 9.96. The number of cyclic esters (lactones) is 1. The second-order valence-electron chi connectivity index (χ2n) is 3.08. The third-order valence-corrected chi connectivity index (χ3v) is 2.07. The highest BCUT2D eigenvalue weighted by Gasteiger charge is 2.46. The van der Waals surface area contributed by atoms with E-state index in [1.54, 1.807) is 0 Å². The van der Waals surface area contributed by atoms with Gasteiger partial charge in [-0.2, -0.15) is 0 Å². The van der Waals surface area contributed by atoms with Gasteiger partial charge >= 0.3 is 5.97 Å². The molecule has 0 saturated carbocycles. The molecule has 7 nitrogen and oxygen atoms in total. The van der Waals surface area contributed by atoms with Crippen LogP contribution >= 0.6 is 0 Å². The Labute approximate surface area is 79.2 Å². The number of aliphatic hydroxyl groups is 5. The molecule has 0 radical (unpaired) electrons. The molecule has 14 heavy (non-hydrogen) atoms. The van der Waals surface area contributed by atoms with Gasteiger partial charge in [0.1, 0.15) is 18.3 Å². The first-order valence-electron chi connectivity index (χ1n) is 4.02. The van der Waals surface area contributed by atoms with Crippen LogP contribution in [0.3, 0.4) is 0 Å². The SMILES string of the molecule is O=C1O[C@H]([C@@H](O)CO)[C@H](O)[C@H](O)[C@@H]1O. The fraction of sp³-hybridized carbons (Fsp3) is 0.857. The van der Waals surface area contributed by atoms with Crippen LogP contribution in [0.2, 0.25) is 0 Å². The molecule has 1 aliphatic rings. The van der Waals surface area contributed by atoms with Gasteiger partial charge in [0, 0.05) is 0 Å². The smallest absolute Gasteiger partial charge is 0.338 e. The Kier molecular flexibility index (Phi) is 3.40. The van der Waals surface area contributed by atoms with Crippen LogP contribution < -0.4 is 0 Å². The first kappa shape index (κ1) is 11.3. The molecule has 0 aromatic rings. The van der Waals surface area contributed by atoms with Crippen LogP contribution in [0.1, 0.15) is 0 Å². The van der Waals surface area contributed by atoms with E-state index < -0.39 is 43.1 Å². The lowest BCUT2D eigenvalue weighted by Crippen LogP contribution is -2.59. The summed E-state index contributed by atoms with van der Waals surface area (Å²) in [4.78, 5) is 10.8. The van der Waals surface area contributed by atoms with Gasteiger partial charge < -0.3 is 30.3 Å². The highest BCUT2D eigenvalue weighted by Crippen LogP contribution is 2.19. The van der Waals surface area contributed by atoms with Crippen molar-refractivity contribution in [2.75, 3.05) is 6.61 Å². The van der Waals surface area contributed by atoms with E-state index in [0.29, 0.717) is 0 Å². The summed E-state index contributed by atoms with van der Waals surface area (Å²) in [5.41, 5.74) is 0. The molecule has 0 aromatic carbocycles. The minimum absolute atomic E-state index is 0.724. The minimum Gasteiger partial charge on any atom is -0.455 e. The van der Waals surface area contributed by atoms with Crippen molar-refractivity contribution < 1.29 is 35.1 Å². The molecule has 5 N–H and O–H groups in total. The van der Waals surface area contributed by atoms with Crippen molar-refractivity contribution in [3.8, 4) is 0 Å². The van der Waals surface area contributed by atoms with E-state index in [1.807, 2.05) is 0 Å². The summed E-state index contributed by atoms with van der Waals surface area (Å²) < 4.78 is 4.43. The third-order valence-electron chi connectivity index (χ3n) is 2.07. The average molecular weight is 208 g/mol. The van der Waals surface area contributed by atoms with Crippen LogP contribution in [0.25, 0.3) is 0 Å². The lowest BCUT2D eigenvalue weighted by molar-refractivity contribution is -0.217. The summed E-state index contributed by atoms with van der Waals surface area (Å²) >= 11 is 0. The predicted molar refractivity (Wildman–Crippen MR) is 41.0 cm³/mol. The Hall–Kier alpha value is -0.730. The topological polar surface area (TPSA) is 127 Å². The van der Waals surface area contributed by atoms with E-state index in [0.717, 1.165) is 0 Å². The molecule has 82 valence electrons. The van der Waals surface area contributed by atoms with Crippen LogP contribution in [0.15, 0.2) is 0 Å². The third kappa shape index (κ3) is 1.86. The zero-order chi connectivity index (χ0) is 10.9. The van der Waals surface area contributed by atoms with Crippen molar-refractivity contribution in [1.82, 2.24) is 0 Å². The molecular formula is C7H12O7. The second-order valence-corrected chi connectivity index (χ2v) is 3.08. The van der Waals surface area contributed by atoms with Gasteiger partial charge in [-0.1, -0.05) is 0 Å². The van der Waals surface area contributed by atoms with E-state index in [-0.39, 0.29) is 0 Å². The Morgan fingerprint density at radius 2 is 1.86 bits per heavy atom. The molecule has 1 rings (SSSR count). The van der Waals surface area contributed by atoms with Gasteiger partial charge in [-0.05, 0) is 0 Å². The number of hydrogen-bond donors (Lipinski definition) is 5. The van der Waals surface area contributed by atoms with Gasteiger partial charge in [-0.3, -0.25) is 0 Å². The van der Waals surface area contributed by atoms with Crippen LogP contribution in [-0.4, -0.2) is 68.6 Å². The fourth-order valence-electron chi connectivity index (χ4n) is 1.20. The Bertz CT molecular complexity index is 218. The molecule has 1 aliphatic heterocycles. The largest absolute Gasteiger partial charge is 0.455 e. The quantitative estimate of drug-likeness (QED) is 0.296. The Morgan fingerprint density at radius 1 is 1.29 bits per heavy atom. The molecule has 7 heteroatoms. The minimum atomic E-state index is -1.83. The molecule has 0 spiro atoms. The maximum Gasteiger partial charge on any atom is 0.338 e. The number of aliphatic hydroxyl groups excluding tert-OH is 5. The summed E-state index contributed by atoms with van der Waals surface area (Å²) in [6, 6.07) is 0. The highest BCUT2D eigenvalue weighted by atomic mass is 16.6. The van der Waals surface area contributed by atoms with Crippen molar-refractivity contribution in [3.63, 3.8) is 0 Å². The standard InChI is InChI=1S/C7H12O7/c8-1-2(9)6-4(11)3(10)5(12)7(13)14-6/h2-6,8-12H,1H2/t2-,3-,4+,5-,6+/m0/s1. The van der Waals surface area contributed by atoms with Crippen molar-refractivity contribution >= 4 is 5.97 Å². The maximum absolute atomic E-state index is 10.8. The van der Waals surface area contributed by atoms with Gasteiger partial charge in [-0.15, -0.1) is 0 Å². The lowest BCUT2D eigenvalue weighted by Gasteiger charge is -2.35. The van der Waals surface area contributed by atoms with E-state index in [2.05, 4.69) is 4.74 Å². The molecule has 0 amide bonds. The first-order chi connectivity index (χ1) is 6.49. The van der Waals surface area contributed by atoms with E-state index in [9.17, 15) is 9.90 Å². The van der Waals surface area contributed by atoms with E-state index in [1.165, 1.54) is 0 Å². The number of ether oxygens (including phenoxy) is 1. The van der Waals surface area contributed by atoms with Gasteiger partial charge in [0.25, 0.3) is 0 Å². The van der Waals surface area contributed by atoms with E-state index in [4.69, 9.17) is 20.4 Å². The average Bonchev–Trinajstić information content (AvgIpc) is 2.19. The molecule has 1 heterocycles. The highest BCUT2D eigenvalue weighted by molar-refractivity contribution is 5.76. The maximum atomic E-state index is 10.8. The van der Waals surface area contributed by atoms with Gasteiger partial charge in [0.2, 0.25) is 0 Å². The zero-order valence-electron chi connectivity index (χ0n) is 7.15. The summed E-state index contributed by atoms with van der Waals surface area (Å²) in [6.45, 7) is -0.724. The van der Waals surface area contributed by atoms with Crippen LogP contribution in [0.4, 0.5) is 0 Å². The van der Waals surface area contributed by atoms with Crippen molar-refractivity contribution in [3.05, 3.63) is 0 Å². The van der Waals surface area contributed by atoms with Crippen LogP contribution in [0, 0.1) is 0 Å². The monoisotopic (exact) mass is 208 g/mol. The molecule has 5 atom stereocenters. The molecule has 0 aliphatic carbocycles. The van der Waals surface area contributed by atoms with Crippen LogP contribution in [-0.2, 0) is 9.53 Å². The molecule has 0 aromatic heterocycles. The first-order valence-corrected chi connectivity index (χ1v) is 4.02. The summed E-state index contributed by atoms with van der Waals surface area (Å²) in [7, 11) is 0. The number of rotatable bonds is 2. The van der Waals surface area contributed by atoms with Crippen molar-refractivity contribution in [2.45, 2.75) is 30.5 Å². The molecule has 0 unspecified atom stereocenters. The van der Waals surface area contributed by atoms with Gasteiger partial charge in [0.15, 0.2) is 12.2 Å². The van der Waals surface area contributed by atoms with Crippen molar-refractivity contribution in [1.29, 1.82) is 0 Å². The number of carbonyl (C=O) groups is 1. The van der Waals surface area contributed by atoms with Gasteiger partial charge in [0.05, 0.1) is 6.61 Å². The summed E-state index contributed by atoms with van der Waals surface area (Å²) in [5, 5.41) is 45.0. The van der Waals surface area contributed by atoms with Gasteiger partial charge in [-0.25, -0.2) is 4.79 Å². The second kappa shape index (κ2) is 4.20. The normalized spacial score (nSPS) is 40.5. The number of hydrogen-bond acceptors (Lipinski definition) is 7. The Balaban J connectivity index is 2.75. The zero-order valence-corrected chi connectivity index (χ0v) is 7.15. The molecular weight excluding hydrogens is 196 g/mol. The van der Waals surface area contributed by atoms with Crippen LogP contribution in [0.5, 0.6) is 0 Å². The molecule has 1 fully saturated rings. The molecule has 0 bridgehead atoms. The fourth-order valence-corrected chi connectivity index (χ4v) is 1.20. The molecule has 1 saturated heterocycles. The van der Waals surface area contributed by atoms with E-state index >= 15 is 0 Å². The number of esters is 1. The summed E-state index contributed by atoms with van der Waals surface area (Å²) in [6.07, 6.45) is -8.08. The summed E-state index contributed by atoms with van der Waals surface area (Å²) in [5.74, 6) is -1.14. The predicted octanol–water partition coefficient (Wildman–Crippen LogP) is -3.65. The Morgan fingerprint density at radius 3 is 2.36 bits per heavy atom. The van der Waals surface area contributed by atoms with Crippen molar-refractivity contribution in [2.24, 2.45) is 0 Å².